The van der Waals surface area contributed by atoms with Gasteiger partial charge in [0.25, 0.3) is 0 Å². The molecule has 0 amide bonds. The van der Waals surface area contributed by atoms with Gasteiger partial charge in [-0.05, 0) is 12.3 Å². The lowest BCUT2D eigenvalue weighted by Crippen LogP contribution is -2.34. The largest absolute Gasteiger partial charge is 0.396 e. The topological polar surface area (TPSA) is 70.3 Å². The number of aliphatic hydroxyl groups is 2. The van der Waals surface area contributed by atoms with Gasteiger partial charge in [0.05, 0.1) is 19.3 Å². The molecule has 0 spiro atoms. The third-order valence-electron chi connectivity index (χ3n) is 2.83. The van der Waals surface area contributed by atoms with Gasteiger partial charge in [-0.25, -0.2) is 0 Å². The van der Waals surface area contributed by atoms with E-state index in [2.05, 4.69) is 24.3 Å². The molecule has 0 bridgehead atoms. The standard InChI is InChI=1S/C12H23N3O2/c1-10(2)12(3-5-16)13-7-11-8-14-15(9-11)4-6-17/h8-10,12-13,16-17H,3-7H2,1-2H3. The lowest BCUT2D eigenvalue weighted by atomic mass is 10.0. The number of hydrogen-bond donors (Lipinski definition) is 3. The number of aliphatic hydroxyl groups excluding tert-OH is 2. The van der Waals surface area contributed by atoms with Gasteiger partial charge in [-0.15, -0.1) is 0 Å². The Morgan fingerprint density at radius 2 is 2.12 bits per heavy atom. The van der Waals surface area contributed by atoms with E-state index in [1.54, 1.807) is 10.9 Å². The highest BCUT2D eigenvalue weighted by atomic mass is 16.3. The zero-order valence-corrected chi connectivity index (χ0v) is 10.6. The molecule has 1 aromatic heterocycles. The zero-order valence-electron chi connectivity index (χ0n) is 10.6. The van der Waals surface area contributed by atoms with Gasteiger partial charge in [-0.3, -0.25) is 4.68 Å². The predicted octanol–water partition coefficient (Wildman–Crippen LogP) is 0.372. The van der Waals surface area contributed by atoms with Crippen LogP contribution < -0.4 is 5.32 Å². The SMILES string of the molecule is CC(C)C(CCO)NCc1cnn(CCO)c1. The van der Waals surface area contributed by atoms with E-state index in [1.165, 1.54) is 0 Å². The molecule has 5 nitrogen and oxygen atoms in total. The second kappa shape index (κ2) is 7.42. The van der Waals surface area contributed by atoms with Crippen molar-refractivity contribution in [3.63, 3.8) is 0 Å². The van der Waals surface area contributed by atoms with Gasteiger partial charge in [0, 0.05) is 31.0 Å². The van der Waals surface area contributed by atoms with Gasteiger partial charge in [0.2, 0.25) is 0 Å². The van der Waals surface area contributed by atoms with E-state index in [9.17, 15) is 0 Å². The van der Waals surface area contributed by atoms with Crippen LogP contribution in [0.5, 0.6) is 0 Å². The molecule has 0 fully saturated rings. The molecular weight excluding hydrogens is 218 g/mol. The minimum absolute atomic E-state index is 0.105. The van der Waals surface area contributed by atoms with Gasteiger partial charge in [-0.1, -0.05) is 13.8 Å². The molecule has 0 aliphatic heterocycles. The number of nitrogens with one attached hydrogen (secondary N) is 1. The second-order valence-corrected chi connectivity index (χ2v) is 4.58. The number of nitrogens with zero attached hydrogens (tertiary/aromatic N) is 2. The molecule has 0 aliphatic rings. The first-order valence-electron chi connectivity index (χ1n) is 6.13. The highest BCUT2D eigenvalue weighted by Crippen LogP contribution is 2.07. The third kappa shape index (κ3) is 4.85. The van der Waals surface area contributed by atoms with Crippen LogP contribution in [0.4, 0.5) is 0 Å². The minimum Gasteiger partial charge on any atom is -0.396 e. The summed E-state index contributed by atoms with van der Waals surface area (Å²) in [5, 5.41) is 25.3. The summed E-state index contributed by atoms with van der Waals surface area (Å²) in [7, 11) is 0. The fourth-order valence-electron chi connectivity index (χ4n) is 1.78. The van der Waals surface area contributed by atoms with Crippen molar-refractivity contribution in [3.05, 3.63) is 18.0 Å². The van der Waals surface area contributed by atoms with Crippen LogP contribution in [-0.4, -0.2) is 39.2 Å². The molecular formula is C12H23N3O2. The smallest absolute Gasteiger partial charge is 0.0640 e. The highest BCUT2D eigenvalue weighted by Gasteiger charge is 2.12. The van der Waals surface area contributed by atoms with Crippen LogP contribution in [0.1, 0.15) is 25.8 Å². The molecule has 0 radical (unpaired) electrons. The molecule has 17 heavy (non-hydrogen) atoms. The Morgan fingerprint density at radius 3 is 2.71 bits per heavy atom. The van der Waals surface area contributed by atoms with Crippen molar-refractivity contribution < 1.29 is 10.2 Å². The first-order chi connectivity index (χ1) is 8.17. The maximum atomic E-state index is 8.97. The van der Waals surface area contributed by atoms with E-state index in [0.717, 1.165) is 18.5 Å². The van der Waals surface area contributed by atoms with E-state index in [-0.39, 0.29) is 13.2 Å². The second-order valence-electron chi connectivity index (χ2n) is 4.58. The summed E-state index contributed by atoms with van der Waals surface area (Å²) < 4.78 is 1.73. The summed E-state index contributed by atoms with van der Waals surface area (Å²) >= 11 is 0. The molecule has 1 unspecified atom stereocenters. The van der Waals surface area contributed by atoms with Gasteiger partial charge in [0.1, 0.15) is 0 Å². The van der Waals surface area contributed by atoms with E-state index >= 15 is 0 Å². The van der Waals surface area contributed by atoms with Crippen molar-refractivity contribution in [3.8, 4) is 0 Å². The van der Waals surface area contributed by atoms with Crippen molar-refractivity contribution >= 4 is 0 Å². The first kappa shape index (κ1) is 14.2. The van der Waals surface area contributed by atoms with Crippen molar-refractivity contribution in [1.82, 2.24) is 15.1 Å². The van der Waals surface area contributed by atoms with Gasteiger partial charge >= 0.3 is 0 Å². The van der Waals surface area contributed by atoms with Crippen LogP contribution in [0.2, 0.25) is 0 Å². The Hall–Kier alpha value is -0.910. The average molecular weight is 241 g/mol. The van der Waals surface area contributed by atoms with Gasteiger partial charge < -0.3 is 15.5 Å². The highest BCUT2D eigenvalue weighted by molar-refractivity contribution is 5.03. The monoisotopic (exact) mass is 241 g/mol. The van der Waals surface area contributed by atoms with E-state index in [0.29, 0.717) is 18.5 Å². The van der Waals surface area contributed by atoms with Crippen molar-refractivity contribution in [2.45, 2.75) is 39.4 Å². The Balaban J connectivity index is 2.41. The summed E-state index contributed by atoms with van der Waals surface area (Å²) in [6, 6.07) is 0.321. The summed E-state index contributed by atoms with van der Waals surface area (Å²) in [6.45, 7) is 5.87. The first-order valence-corrected chi connectivity index (χ1v) is 6.13. The average Bonchev–Trinajstić information content (AvgIpc) is 2.72. The minimum atomic E-state index is 0.105. The van der Waals surface area contributed by atoms with Crippen LogP contribution in [0.25, 0.3) is 0 Å². The molecule has 0 saturated heterocycles. The molecule has 3 N–H and O–H groups in total. The summed E-state index contributed by atoms with van der Waals surface area (Å²) in [5.41, 5.74) is 1.10. The predicted molar refractivity (Wildman–Crippen MR) is 66.5 cm³/mol. The molecule has 1 rings (SSSR count). The zero-order chi connectivity index (χ0) is 12.7. The third-order valence-corrected chi connectivity index (χ3v) is 2.83. The molecule has 0 aromatic carbocycles. The fourth-order valence-corrected chi connectivity index (χ4v) is 1.78. The quantitative estimate of drug-likeness (QED) is 0.615. The lowest BCUT2D eigenvalue weighted by Gasteiger charge is -2.21. The maximum absolute atomic E-state index is 8.97. The van der Waals surface area contributed by atoms with Gasteiger partial charge in [0.15, 0.2) is 0 Å². The van der Waals surface area contributed by atoms with Crippen LogP contribution in [-0.2, 0) is 13.1 Å². The van der Waals surface area contributed by atoms with Crippen LogP contribution in [0, 0.1) is 5.92 Å². The molecule has 0 saturated carbocycles. The number of aromatic nitrogens is 2. The fraction of sp³-hybridized carbons (Fsp3) is 0.750. The van der Waals surface area contributed by atoms with Crippen LogP contribution >= 0.6 is 0 Å². The molecule has 1 aromatic rings. The van der Waals surface area contributed by atoms with Gasteiger partial charge in [-0.2, -0.15) is 5.10 Å². The van der Waals surface area contributed by atoms with E-state index < -0.39 is 0 Å². The molecule has 1 atom stereocenters. The normalized spacial score (nSPS) is 13.2. The summed E-state index contributed by atoms with van der Waals surface area (Å²) in [5.74, 6) is 0.495. The Bertz CT molecular complexity index is 312. The summed E-state index contributed by atoms with van der Waals surface area (Å²) in [6.07, 6.45) is 4.50. The van der Waals surface area contributed by atoms with Crippen molar-refractivity contribution in [1.29, 1.82) is 0 Å². The molecule has 5 heteroatoms. The molecule has 98 valence electrons. The van der Waals surface area contributed by atoms with Crippen molar-refractivity contribution in [2.24, 2.45) is 5.92 Å². The Morgan fingerprint density at radius 1 is 1.35 bits per heavy atom. The number of hydrogen-bond acceptors (Lipinski definition) is 4. The van der Waals surface area contributed by atoms with Crippen LogP contribution in [0.15, 0.2) is 12.4 Å². The Kier molecular flexibility index (Phi) is 6.18. The Labute approximate surface area is 102 Å². The van der Waals surface area contributed by atoms with E-state index in [4.69, 9.17) is 10.2 Å². The van der Waals surface area contributed by atoms with E-state index in [1.807, 2.05) is 6.20 Å². The molecule has 0 aliphatic carbocycles. The van der Waals surface area contributed by atoms with Crippen LogP contribution in [0.3, 0.4) is 0 Å². The summed E-state index contributed by atoms with van der Waals surface area (Å²) in [4.78, 5) is 0. The maximum Gasteiger partial charge on any atom is 0.0640 e. The number of rotatable bonds is 8. The molecule has 1 heterocycles. The lowest BCUT2D eigenvalue weighted by molar-refractivity contribution is 0.244. The van der Waals surface area contributed by atoms with Crippen molar-refractivity contribution in [2.75, 3.05) is 13.2 Å².